The molecule has 0 bridgehead atoms. The van der Waals surface area contributed by atoms with Crippen LogP contribution >= 0.6 is 0 Å². The molecule has 0 aliphatic carbocycles. The smallest absolute Gasteiger partial charge is 0.0790 e. The molecule has 0 saturated heterocycles. The number of para-hydroxylation sites is 1. The molecule has 5 heteroatoms. The SMILES string of the molecule is Cc1ccc2c(-c3ccccc3)cc(-c3ccccc3)nc2c1.Cc1cccc2c(-c3ccccc3)cc(-c3ccccc3)nc12.Cc1cccc2c(-c3ccccc3)nc(-c3ccccc3)cc12.Cc1cccc2cc(-c3ccccc3)nc(-c3ccccc3)c12.Cc1cccc2nc(-c3ccccc3)cc(-c3ccccc3)c12. The molecule has 0 aliphatic heterocycles. The fraction of sp³-hybridized carbons (Fsp3) is 0.0455. The van der Waals surface area contributed by atoms with Crippen molar-refractivity contribution in [3.05, 3.63) is 452 Å². The minimum Gasteiger partial charge on any atom is -0.248 e. The second kappa shape index (κ2) is 35.1. The molecule has 15 aromatic carbocycles. The van der Waals surface area contributed by atoms with Gasteiger partial charge in [0, 0.05) is 65.9 Å². The predicted octanol–water partition coefficient (Wildman–Crippen LogP) is 29.4. The highest BCUT2D eigenvalue weighted by Crippen LogP contribution is 2.39. The van der Waals surface area contributed by atoms with Gasteiger partial charge in [-0.25, -0.2) is 24.9 Å². The van der Waals surface area contributed by atoms with Crippen LogP contribution in [0.5, 0.6) is 0 Å². The highest BCUT2D eigenvalue weighted by atomic mass is 14.7. The Hall–Kier alpha value is -14.7. The molecule has 0 spiro atoms. The van der Waals surface area contributed by atoms with Crippen molar-refractivity contribution in [3.8, 4) is 112 Å². The number of pyridine rings is 5. The number of hydrogen-bond acceptors (Lipinski definition) is 5. The fourth-order valence-corrected chi connectivity index (χ4v) is 15.1. The van der Waals surface area contributed by atoms with Crippen LogP contribution in [0.15, 0.2) is 425 Å². The Balaban J connectivity index is 0.000000108. The quantitative estimate of drug-likeness (QED) is 0.137. The van der Waals surface area contributed by atoms with Crippen molar-refractivity contribution in [2.24, 2.45) is 0 Å². The Morgan fingerprint density at radius 1 is 0.174 bits per heavy atom. The van der Waals surface area contributed by atoms with E-state index in [1.54, 1.807) is 0 Å². The van der Waals surface area contributed by atoms with Gasteiger partial charge in [0.25, 0.3) is 0 Å². The summed E-state index contributed by atoms with van der Waals surface area (Å²) in [5, 5.41) is 8.57. The minimum atomic E-state index is 1.02. The van der Waals surface area contributed by atoms with E-state index in [-0.39, 0.29) is 0 Å². The molecule has 20 aromatic rings. The summed E-state index contributed by atoms with van der Waals surface area (Å²) in [4.78, 5) is 24.7. The van der Waals surface area contributed by atoms with Crippen LogP contribution in [0, 0.1) is 34.6 Å². The third-order valence-electron chi connectivity index (χ3n) is 20.9. The van der Waals surface area contributed by atoms with Gasteiger partial charge in [-0.15, -0.1) is 0 Å². The van der Waals surface area contributed by atoms with Crippen LogP contribution in [-0.2, 0) is 0 Å². The van der Waals surface area contributed by atoms with Crippen LogP contribution in [0.3, 0.4) is 0 Å². The lowest BCUT2D eigenvalue weighted by molar-refractivity contribution is 1.34. The van der Waals surface area contributed by atoms with Crippen LogP contribution in [0.25, 0.3) is 166 Å². The van der Waals surface area contributed by atoms with Crippen LogP contribution in [-0.4, -0.2) is 24.9 Å². The number of aromatic nitrogens is 5. The highest BCUT2D eigenvalue weighted by molar-refractivity contribution is 6.03. The molecular formula is C110H85N5. The third-order valence-corrected chi connectivity index (χ3v) is 20.9. The number of hydrogen-bond donors (Lipinski definition) is 0. The van der Waals surface area contributed by atoms with E-state index >= 15 is 0 Å². The van der Waals surface area contributed by atoms with Gasteiger partial charge in [0.05, 0.1) is 56.4 Å². The molecule has 550 valence electrons. The Morgan fingerprint density at radius 3 is 1.00 bits per heavy atom. The Kier molecular flexibility index (Phi) is 22.8. The van der Waals surface area contributed by atoms with Gasteiger partial charge in [0.2, 0.25) is 0 Å². The molecule has 0 amide bonds. The first-order chi connectivity index (χ1) is 56.6. The van der Waals surface area contributed by atoms with Crippen molar-refractivity contribution in [2.75, 3.05) is 0 Å². The van der Waals surface area contributed by atoms with E-state index in [1.165, 1.54) is 98.9 Å². The van der Waals surface area contributed by atoms with Gasteiger partial charge < -0.3 is 0 Å². The molecule has 5 nitrogen and oxygen atoms in total. The van der Waals surface area contributed by atoms with Gasteiger partial charge in [-0.1, -0.05) is 382 Å². The van der Waals surface area contributed by atoms with Crippen molar-refractivity contribution in [1.29, 1.82) is 0 Å². The van der Waals surface area contributed by atoms with Crippen molar-refractivity contribution in [2.45, 2.75) is 34.6 Å². The van der Waals surface area contributed by atoms with Gasteiger partial charge in [0.1, 0.15) is 0 Å². The average molecular weight is 1480 g/mol. The highest BCUT2D eigenvalue weighted by Gasteiger charge is 2.17. The zero-order chi connectivity index (χ0) is 78.2. The Labute approximate surface area is 674 Å². The van der Waals surface area contributed by atoms with Crippen LogP contribution in [0.1, 0.15) is 27.8 Å². The Bertz CT molecular complexity index is 6300. The lowest BCUT2D eigenvalue weighted by atomic mass is 9.96. The molecule has 115 heavy (non-hydrogen) atoms. The summed E-state index contributed by atoms with van der Waals surface area (Å²) in [7, 11) is 0. The van der Waals surface area contributed by atoms with E-state index in [4.69, 9.17) is 24.9 Å². The zero-order valence-corrected chi connectivity index (χ0v) is 65.2. The molecule has 0 fully saturated rings. The van der Waals surface area contributed by atoms with Gasteiger partial charge >= 0.3 is 0 Å². The summed E-state index contributed by atoms with van der Waals surface area (Å²) in [6.07, 6.45) is 0. The summed E-state index contributed by atoms with van der Waals surface area (Å²) >= 11 is 0. The fourth-order valence-electron chi connectivity index (χ4n) is 15.1. The second-order valence-electron chi connectivity index (χ2n) is 28.8. The van der Waals surface area contributed by atoms with Gasteiger partial charge in [-0.2, -0.15) is 0 Å². The summed E-state index contributed by atoms with van der Waals surface area (Å²) in [5.74, 6) is 0. The first-order valence-corrected chi connectivity index (χ1v) is 39.2. The predicted molar refractivity (Wildman–Crippen MR) is 487 cm³/mol. The number of fused-ring (bicyclic) bond motifs is 5. The molecule has 0 unspecified atom stereocenters. The van der Waals surface area contributed by atoms with E-state index in [1.807, 2.05) is 42.5 Å². The first kappa shape index (κ1) is 74.4. The molecule has 5 heterocycles. The van der Waals surface area contributed by atoms with E-state index in [9.17, 15) is 0 Å². The third kappa shape index (κ3) is 17.1. The van der Waals surface area contributed by atoms with Gasteiger partial charge in [0.15, 0.2) is 0 Å². The lowest BCUT2D eigenvalue weighted by Gasteiger charge is -2.12. The van der Waals surface area contributed by atoms with Crippen molar-refractivity contribution >= 4 is 54.3 Å². The second-order valence-corrected chi connectivity index (χ2v) is 28.8. The minimum absolute atomic E-state index is 1.02. The maximum Gasteiger partial charge on any atom is 0.0790 e. The van der Waals surface area contributed by atoms with Crippen LogP contribution in [0.2, 0.25) is 0 Å². The van der Waals surface area contributed by atoms with Crippen molar-refractivity contribution < 1.29 is 0 Å². The van der Waals surface area contributed by atoms with Crippen LogP contribution in [0.4, 0.5) is 0 Å². The summed E-state index contributed by atoms with van der Waals surface area (Å²) < 4.78 is 0. The standard InChI is InChI=1S/5C22H17N/c1-16-9-8-14-20-22(16)19(17-10-4-2-5-11-17)15-21(23-20)18-12-6-3-7-13-18;1-16-9-8-14-19-20(17-10-4-2-5-11-17)15-21(23-22(16)19)18-12-6-3-7-13-18;1-16-9-8-14-19-20(16)15-21(17-10-4-2-5-11-17)23-22(19)18-12-6-3-7-13-18;1-16-9-8-14-19-15-20(17-10-4-2-5-11-17)23-22(21(16)19)18-12-6-3-7-13-18;1-16-12-13-19-20(17-8-4-2-5-9-17)15-21(23-22(19)14-16)18-10-6-3-7-11-18/h5*2-15H,1H3. The molecule has 5 aromatic heterocycles. The normalized spacial score (nSPS) is 10.8. The maximum atomic E-state index is 5.00. The molecule has 0 atom stereocenters. The molecule has 0 N–H and O–H groups in total. The molecule has 0 saturated carbocycles. The van der Waals surface area contributed by atoms with E-state index in [0.717, 1.165) is 95.4 Å². The summed E-state index contributed by atoms with van der Waals surface area (Å²) in [5.41, 5.74) is 32.0. The van der Waals surface area contributed by atoms with Crippen LogP contribution < -0.4 is 0 Å². The summed E-state index contributed by atoms with van der Waals surface area (Å²) in [6.45, 7) is 10.7. The number of nitrogens with zero attached hydrogens (tertiary/aromatic N) is 5. The zero-order valence-electron chi connectivity index (χ0n) is 65.2. The molecule has 20 rings (SSSR count). The van der Waals surface area contributed by atoms with E-state index in [2.05, 4.69) is 417 Å². The summed E-state index contributed by atoms with van der Waals surface area (Å²) in [6, 6.07) is 147. The van der Waals surface area contributed by atoms with E-state index in [0.29, 0.717) is 0 Å². The first-order valence-electron chi connectivity index (χ1n) is 39.2. The van der Waals surface area contributed by atoms with Gasteiger partial charge in [-0.3, -0.25) is 0 Å². The number of benzene rings is 15. The molecular weight excluding hydrogens is 1390 g/mol. The van der Waals surface area contributed by atoms with Crippen molar-refractivity contribution in [1.82, 2.24) is 24.9 Å². The van der Waals surface area contributed by atoms with Crippen molar-refractivity contribution in [3.63, 3.8) is 0 Å². The Morgan fingerprint density at radius 2 is 0.513 bits per heavy atom. The monoisotopic (exact) mass is 1480 g/mol. The average Bonchev–Trinajstić information content (AvgIpc) is 0.789. The number of aryl methyl sites for hydroxylation is 5. The lowest BCUT2D eigenvalue weighted by Crippen LogP contribution is -1.92. The molecule has 0 aliphatic rings. The largest absolute Gasteiger partial charge is 0.248 e. The topological polar surface area (TPSA) is 64.5 Å². The maximum absolute atomic E-state index is 5.00. The molecule has 0 radical (unpaired) electrons. The number of rotatable bonds is 10. The van der Waals surface area contributed by atoms with Gasteiger partial charge in [-0.05, 0) is 149 Å². The van der Waals surface area contributed by atoms with E-state index < -0.39 is 0 Å².